The van der Waals surface area contributed by atoms with Gasteiger partial charge in [0.2, 0.25) is 0 Å². The van der Waals surface area contributed by atoms with Crippen molar-refractivity contribution in [3.8, 4) is 0 Å². The lowest BCUT2D eigenvalue weighted by Crippen LogP contribution is -2.28. The lowest BCUT2D eigenvalue weighted by molar-refractivity contribution is 0.287. The Morgan fingerprint density at radius 1 is 1.39 bits per heavy atom. The van der Waals surface area contributed by atoms with Crippen LogP contribution in [0.5, 0.6) is 0 Å². The van der Waals surface area contributed by atoms with Crippen molar-refractivity contribution in [1.82, 2.24) is 14.7 Å². The Morgan fingerprint density at radius 3 is 2.50 bits per heavy atom. The zero-order valence-corrected chi connectivity index (χ0v) is 13.4. The van der Waals surface area contributed by atoms with E-state index in [1.165, 1.54) is 0 Å². The summed E-state index contributed by atoms with van der Waals surface area (Å²) in [5, 5.41) is 4.38. The number of nitrogens with two attached hydrogens (primary N) is 1. The average molecular weight is 317 g/mol. The summed E-state index contributed by atoms with van der Waals surface area (Å²) in [6, 6.07) is 0.371. The molecule has 18 heavy (non-hydrogen) atoms. The van der Waals surface area contributed by atoms with Crippen molar-refractivity contribution < 1.29 is 0 Å². The van der Waals surface area contributed by atoms with Crippen molar-refractivity contribution in [2.75, 3.05) is 19.6 Å². The second-order valence-corrected chi connectivity index (χ2v) is 5.69. The van der Waals surface area contributed by atoms with Crippen LogP contribution in [-0.2, 0) is 0 Å². The van der Waals surface area contributed by atoms with Crippen LogP contribution >= 0.6 is 15.9 Å². The summed E-state index contributed by atoms with van der Waals surface area (Å²) >= 11 is 3.55. The molecule has 0 radical (unpaired) electrons. The first-order valence-electron chi connectivity index (χ1n) is 6.72. The van der Waals surface area contributed by atoms with Crippen LogP contribution in [0.2, 0.25) is 0 Å². The Hall–Kier alpha value is -0.390. The molecule has 1 aromatic rings. The average Bonchev–Trinajstić information content (AvgIpc) is 2.72. The standard InChI is InChI=1S/C13H25BrN4/c1-5-17(6-2)8-7-12(15)13-11(14)9-16-18(13)10(3)4/h9-10,12H,5-8,15H2,1-4H3. The predicted molar refractivity (Wildman–Crippen MR) is 79.6 cm³/mol. The van der Waals surface area contributed by atoms with Crippen LogP contribution in [-0.4, -0.2) is 34.3 Å². The maximum Gasteiger partial charge on any atom is 0.0697 e. The first-order chi connectivity index (χ1) is 8.51. The molecule has 104 valence electrons. The molecule has 0 aliphatic carbocycles. The molecule has 0 aliphatic rings. The van der Waals surface area contributed by atoms with Gasteiger partial charge in [-0.3, -0.25) is 4.68 Å². The number of nitrogens with zero attached hydrogens (tertiary/aromatic N) is 3. The van der Waals surface area contributed by atoms with E-state index in [1.54, 1.807) is 0 Å². The van der Waals surface area contributed by atoms with E-state index in [0.717, 1.165) is 36.2 Å². The van der Waals surface area contributed by atoms with E-state index < -0.39 is 0 Å². The molecule has 0 spiro atoms. The lowest BCUT2D eigenvalue weighted by Gasteiger charge is -2.22. The van der Waals surface area contributed by atoms with E-state index in [0.29, 0.717) is 6.04 Å². The molecule has 5 heteroatoms. The van der Waals surface area contributed by atoms with Crippen LogP contribution in [0, 0.1) is 0 Å². The van der Waals surface area contributed by atoms with E-state index >= 15 is 0 Å². The zero-order valence-electron chi connectivity index (χ0n) is 11.9. The number of aromatic nitrogens is 2. The molecule has 0 fully saturated rings. The minimum absolute atomic E-state index is 0.0323. The second-order valence-electron chi connectivity index (χ2n) is 4.84. The van der Waals surface area contributed by atoms with Gasteiger partial charge in [0.15, 0.2) is 0 Å². The molecular formula is C13H25BrN4. The van der Waals surface area contributed by atoms with Gasteiger partial charge in [-0.05, 0) is 55.8 Å². The molecular weight excluding hydrogens is 292 g/mol. The Kier molecular flexibility index (Phi) is 6.32. The molecule has 4 nitrogen and oxygen atoms in total. The molecule has 1 unspecified atom stereocenters. The van der Waals surface area contributed by atoms with Crippen LogP contribution < -0.4 is 5.73 Å². The van der Waals surface area contributed by atoms with Gasteiger partial charge in [0.1, 0.15) is 0 Å². The molecule has 1 heterocycles. The highest BCUT2D eigenvalue weighted by Gasteiger charge is 2.18. The third kappa shape index (κ3) is 3.80. The monoisotopic (exact) mass is 316 g/mol. The molecule has 0 saturated heterocycles. The van der Waals surface area contributed by atoms with Crippen molar-refractivity contribution in [3.63, 3.8) is 0 Å². The van der Waals surface area contributed by atoms with E-state index in [-0.39, 0.29) is 6.04 Å². The van der Waals surface area contributed by atoms with Crippen molar-refractivity contribution in [1.29, 1.82) is 0 Å². The first-order valence-corrected chi connectivity index (χ1v) is 7.51. The maximum atomic E-state index is 6.32. The summed E-state index contributed by atoms with van der Waals surface area (Å²) in [4.78, 5) is 2.39. The van der Waals surface area contributed by atoms with Gasteiger partial charge in [0.05, 0.1) is 16.4 Å². The van der Waals surface area contributed by atoms with Crippen LogP contribution in [0.4, 0.5) is 0 Å². The quantitative estimate of drug-likeness (QED) is 0.841. The predicted octanol–water partition coefficient (Wildman–Crippen LogP) is 2.96. The topological polar surface area (TPSA) is 47.1 Å². The fourth-order valence-electron chi connectivity index (χ4n) is 2.11. The lowest BCUT2D eigenvalue weighted by atomic mass is 10.1. The van der Waals surface area contributed by atoms with Gasteiger partial charge in [-0.25, -0.2) is 0 Å². The SMILES string of the molecule is CCN(CC)CCC(N)c1c(Br)cnn1C(C)C. The molecule has 0 bridgehead atoms. The number of hydrogen-bond acceptors (Lipinski definition) is 3. The minimum atomic E-state index is 0.0323. The summed E-state index contributed by atoms with van der Waals surface area (Å²) in [5.41, 5.74) is 7.43. The third-order valence-electron chi connectivity index (χ3n) is 3.28. The van der Waals surface area contributed by atoms with Gasteiger partial charge in [-0.15, -0.1) is 0 Å². The van der Waals surface area contributed by atoms with Crippen LogP contribution in [0.1, 0.15) is 51.9 Å². The molecule has 1 rings (SSSR count). The summed E-state index contributed by atoms with van der Waals surface area (Å²) < 4.78 is 3.03. The van der Waals surface area contributed by atoms with Gasteiger partial charge < -0.3 is 10.6 Å². The Labute approximate surface area is 119 Å². The molecule has 0 saturated carbocycles. The van der Waals surface area contributed by atoms with Gasteiger partial charge in [0, 0.05) is 12.1 Å². The van der Waals surface area contributed by atoms with Crippen molar-refractivity contribution in [3.05, 3.63) is 16.4 Å². The van der Waals surface area contributed by atoms with E-state index in [9.17, 15) is 0 Å². The van der Waals surface area contributed by atoms with Crippen molar-refractivity contribution in [2.45, 2.75) is 46.2 Å². The summed E-state index contributed by atoms with van der Waals surface area (Å²) in [5.74, 6) is 0. The van der Waals surface area contributed by atoms with Crippen LogP contribution in [0.25, 0.3) is 0 Å². The summed E-state index contributed by atoms with van der Waals surface area (Å²) in [6.07, 6.45) is 2.80. The molecule has 0 aromatic carbocycles. The number of rotatable bonds is 7. The highest BCUT2D eigenvalue weighted by atomic mass is 79.9. The minimum Gasteiger partial charge on any atom is -0.323 e. The smallest absolute Gasteiger partial charge is 0.0697 e. The van der Waals surface area contributed by atoms with Crippen molar-refractivity contribution in [2.24, 2.45) is 5.73 Å². The van der Waals surface area contributed by atoms with Gasteiger partial charge in [-0.2, -0.15) is 5.10 Å². The molecule has 0 amide bonds. The van der Waals surface area contributed by atoms with Crippen molar-refractivity contribution >= 4 is 15.9 Å². The second kappa shape index (κ2) is 7.26. The van der Waals surface area contributed by atoms with Crippen LogP contribution in [0.3, 0.4) is 0 Å². The molecule has 1 aromatic heterocycles. The van der Waals surface area contributed by atoms with E-state index in [2.05, 4.69) is 53.6 Å². The highest BCUT2D eigenvalue weighted by molar-refractivity contribution is 9.10. The first kappa shape index (κ1) is 15.7. The largest absolute Gasteiger partial charge is 0.323 e. The highest BCUT2D eigenvalue weighted by Crippen LogP contribution is 2.26. The van der Waals surface area contributed by atoms with Gasteiger partial charge in [0.25, 0.3) is 0 Å². The van der Waals surface area contributed by atoms with E-state index in [4.69, 9.17) is 5.73 Å². The number of hydrogen-bond donors (Lipinski definition) is 1. The summed E-state index contributed by atoms with van der Waals surface area (Å²) in [6.45, 7) is 11.8. The Bertz CT molecular complexity index is 358. The Balaban J connectivity index is 2.71. The number of halogens is 1. The molecule has 1 atom stereocenters. The zero-order chi connectivity index (χ0) is 13.7. The summed E-state index contributed by atoms with van der Waals surface area (Å²) in [7, 11) is 0. The Morgan fingerprint density at radius 2 is 2.00 bits per heavy atom. The van der Waals surface area contributed by atoms with Crippen LogP contribution in [0.15, 0.2) is 10.7 Å². The third-order valence-corrected chi connectivity index (χ3v) is 3.89. The molecule has 0 aliphatic heterocycles. The van der Waals surface area contributed by atoms with Gasteiger partial charge >= 0.3 is 0 Å². The maximum absolute atomic E-state index is 6.32. The van der Waals surface area contributed by atoms with E-state index in [1.807, 2.05) is 10.9 Å². The molecule has 2 N–H and O–H groups in total. The van der Waals surface area contributed by atoms with Gasteiger partial charge in [-0.1, -0.05) is 13.8 Å². The normalized spacial score (nSPS) is 13.6. The fourth-order valence-corrected chi connectivity index (χ4v) is 2.67. The fraction of sp³-hybridized carbons (Fsp3) is 0.769.